The molecule has 2 aromatic heterocycles. The predicted molar refractivity (Wildman–Crippen MR) is 81.9 cm³/mol. The van der Waals surface area contributed by atoms with Crippen LogP contribution >= 0.6 is 0 Å². The van der Waals surface area contributed by atoms with Crippen LogP contribution in [-0.2, 0) is 6.42 Å². The van der Waals surface area contributed by atoms with E-state index in [1.165, 1.54) is 16.9 Å². The van der Waals surface area contributed by atoms with Crippen LogP contribution in [0, 0.1) is 11.8 Å². The average molecular weight is 310 g/mol. The number of nitrogens with zero attached hydrogens (tertiary/aromatic N) is 4. The van der Waals surface area contributed by atoms with Crippen molar-refractivity contribution in [2.45, 2.75) is 65.5 Å². The normalized spacial score (nSPS) is 13.3. The van der Waals surface area contributed by atoms with Gasteiger partial charge >= 0.3 is 0 Å². The molecule has 4 nitrogen and oxygen atoms in total. The molecule has 0 fully saturated rings. The summed E-state index contributed by atoms with van der Waals surface area (Å²) < 4.78 is 30.5. The van der Waals surface area contributed by atoms with Gasteiger partial charge in [0.2, 0.25) is 5.95 Å². The van der Waals surface area contributed by atoms with Crippen LogP contribution in [0.5, 0.6) is 0 Å². The Hall–Kier alpha value is -1.72. The van der Waals surface area contributed by atoms with Gasteiger partial charge in [-0.3, -0.25) is 4.68 Å². The summed E-state index contributed by atoms with van der Waals surface area (Å²) in [6.45, 7) is 9.60. The van der Waals surface area contributed by atoms with Gasteiger partial charge in [-0.15, -0.1) is 0 Å². The molecule has 0 N–H and O–H groups in total. The fourth-order valence-corrected chi connectivity index (χ4v) is 2.39. The molecule has 0 saturated heterocycles. The standard InChI is InChI=1S/C16H24F2N4/c1-10(2)16-14(17)9-21(20-16)12(5)6-7-13-8-15(18)22(19-13)11(3)4/h8-12H,6-7H2,1-5H3. The fraction of sp³-hybridized carbons (Fsp3) is 0.625. The first-order valence-electron chi connectivity index (χ1n) is 7.78. The molecule has 0 aliphatic carbocycles. The highest BCUT2D eigenvalue weighted by atomic mass is 19.1. The summed E-state index contributed by atoms with van der Waals surface area (Å²) >= 11 is 0. The summed E-state index contributed by atoms with van der Waals surface area (Å²) in [5, 5.41) is 8.58. The first kappa shape index (κ1) is 16.6. The summed E-state index contributed by atoms with van der Waals surface area (Å²) in [5.74, 6) is -0.522. The molecule has 2 aromatic rings. The van der Waals surface area contributed by atoms with Crippen molar-refractivity contribution in [3.63, 3.8) is 0 Å². The highest BCUT2D eigenvalue weighted by molar-refractivity contribution is 5.08. The molecule has 6 heteroatoms. The van der Waals surface area contributed by atoms with Gasteiger partial charge in [0.15, 0.2) is 5.82 Å². The van der Waals surface area contributed by atoms with Crippen molar-refractivity contribution in [2.24, 2.45) is 0 Å². The van der Waals surface area contributed by atoms with Gasteiger partial charge < -0.3 is 0 Å². The van der Waals surface area contributed by atoms with Crippen molar-refractivity contribution in [1.29, 1.82) is 0 Å². The number of hydrogen-bond donors (Lipinski definition) is 0. The molecule has 2 rings (SSSR count). The molecular formula is C16H24F2N4. The lowest BCUT2D eigenvalue weighted by Crippen LogP contribution is -2.09. The van der Waals surface area contributed by atoms with E-state index >= 15 is 0 Å². The quantitative estimate of drug-likeness (QED) is 0.799. The van der Waals surface area contributed by atoms with Gasteiger partial charge in [-0.25, -0.2) is 9.07 Å². The second kappa shape index (κ2) is 6.58. The maximum atomic E-state index is 13.8. The zero-order chi connectivity index (χ0) is 16.4. The lowest BCUT2D eigenvalue weighted by atomic mass is 10.1. The molecular weight excluding hydrogens is 286 g/mol. The molecule has 0 radical (unpaired) electrons. The first-order chi connectivity index (χ1) is 10.3. The van der Waals surface area contributed by atoms with Crippen LogP contribution in [0.2, 0.25) is 0 Å². The van der Waals surface area contributed by atoms with Crippen LogP contribution < -0.4 is 0 Å². The van der Waals surface area contributed by atoms with Crippen molar-refractivity contribution in [3.05, 3.63) is 35.4 Å². The first-order valence-corrected chi connectivity index (χ1v) is 7.78. The third-order valence-corrected chi connectivity index (χ3v) is 3.76. The van der Waals surface area contributed by atoms with E-state index in [2.05, 4.69) is 10.2 Å². The molecule has 0 aliphatic heterocycles. The molecule has 0 saturated carbocycles. The topological polar surface area (TPSA) is 35.6 Å². The molecule has 0 aromatic carbocycles. The Kier molecular flexibility index (Phi) is 4.98. The summed E-state index contributed by atoms with van der Waals surface area (Å²) in [6.07, 6.45) is 2.80. The Morgan fingerprint density at radius 1 is 1.09 bits per heavy atom. The van der Waals surface area contributed by atoms with Crippen LogP contribution in [0.25, 0.3) is 0 Å². The van der Waals surface area contributed by atoms with Crippen LogP contribution in [-0.4, -0.2) is 19.6 Å². The summed E-state index contributed by atoms with van der Waals surface area (Å²) in [6, 6.07) is 1.50. The third-order valence-electron chi connectivity index (χ3n) is 3.76. The SMILES string of the molecule is CC(C)c1nn(C(C)CCc2cc(F)n(C(C)C)n2)cc1F. The molecule has 122 valence electrons. The number of halogens is 2. The van der Waals surface area contributed by atoms with Crippen molar-refractivity contribution in [2.75, 3.05) is 0 Å². The van der Waals surface area contributed by atoms with Crippen LogP contribution in [0.1, 0.15) is 70.4 Å². The number of hydrogen-bond acceptors (Lipinski definition) is 2. The minimum atomic E-state index is -0.315. The highest BCUT2D eigenvalue weighted by Gasteiger charge is 2.16. The summed E-state index contributed by atoms with van der Waals surface area (Å²) in [7, 11) is 0. The molecule has 2 heterocycles. The smallest absolute Gasteiger partial charge is 0.211 e. The molecule has 0 bridgehead atoms. The monoisotopic (exact) mass is 310 g/mol. The lowest BCUT2D eigenvalue weighted by molar-refractivity contribution is 0.412. The molecule has 1 unspecified atom stereocenters. The van der Waals surface area contributed by atoms with Gasteiger partial charge in [0.1, 0.15) is 5.69 Å². The third kappa shape index (κ3) is 3.54. The fourth-order valence-electron chi connectivity index (χ4n) is 2.39. The van der Waals surface area contributed by atoms with E-state index in [1.807, 2.05) is 34.6 Å². The minimum Gasteiger partial charge on any atom is -0.267 e. The minimum absolute atomic E-state index is 0.0000141. The number of aromatic nitrogens is 4. The summed E-state index contributed by atoms with van der Waals surface area (Å²) in [4.78, 5) is 0. The van der Waals surface area contributed by atoms with Gasteiger partial charge in [0.05, 0.1) is 11.9 Å². The van der Waals surface area contributed by atoms with Gasteiger partial charge in [-0.05, 0) is 33.6 Å². The van der Waals surface area contributed by atoms with Crippen LogP contribution in [0.4, 0.5) is 8.78 Å². The predicted octanol–water partition coefficient (Wildman–Crippen LogP) is 4.26. The Labute approximate surface area is 130 Å². The molecule has 0 aliphatic rings. The Balaban J connectivity index is 2.02. The van der Waals surface area contributed by atoms with Gasteiger partial charge in [-0.1, -0.05) is 13.8 Å². The van der Waals surface area contributed by atoms with Crippen LogP contribution in [0.15, 0.2) is 12.3 Å². The highest BCUT2D eigenvalue weighted by Crippen LogP contribution is 2.21. The van der Waals surface area contributed by atoms with Crippen molar-refractivity contribution in [3.8, 4) is 0 Å². The van der Waals surface area contributed by atoms with Gasteiger partial charge in [0.25, 0.3) is 0 Å². The Morgan fingerprint density at radius 2 is 1.77 bits per heavy atom. The van der Waals surface area contributed by atoms with Gasteiger partial charge in [0, 0.05) is 24.1 Å². The van der Waals surface area contributed by atoms with E-state index in [0.717, 1.165) is 12.1 Å². The van der Waals surface area contributed by atoms with E-state index < -0.39 is 0 Å². The van der Waals surface area contributed by atoms with E-state index in [4.69, 9.17) is 0 Å². The molecule has 0 amide bonds. The van der Waals surface area contributed by atoms with E-state index in [0.29, 0.717) is 12.1 Å². The maximum absolute atomic E-state index is 13.8. The summed E-state index contributed by atoms with van der Waals surface area (Å²) in [5.41, 5.74) is 1.21. The van der Waals surface area contributed by atoms with Crippen molar-refractivity contribution < 1.29 is 8.78 Å². The second-order valence-electron chi connectivity index (χ2n) is 6.38. The molecule has 0 spiro atoms. The average Bonchev–Trinajstić information content (AvgIpc) is 2.99. The van der Waals surface area contributed by atoms with Crippen molar-refractivity contribution >= 4 is 0 Å². The van der Waals surface area contributed by atoms with Crippen LogP contribution in [0.3, 0.4) is 0 Å². The Bertz CT molecular complexity index is 628. The van der Waals surface area contributed by atoms with E-state index in [1.54, 1.807) is 4.68 Å². The number of aryl methyl sites for hydroxylation is 1. The zero-order valence-electron chi connectivity index (χ0n) is 13.8. The van der Waals surface area contributed by atoms with Crippen molar-refractivity contribution in [1.82, 2.24) is 19.6 Å². The van der Waals surface area contributed by atoms with E-state index in [-0.39, 0.29) is 29.8 Å². The largest absolute Gasteiger partial charge is 0.267 e. The molecule has 22 heavy (non-hydrogen) atoms. The number of rotatable bonds is 6. The second-order valence-corrected chi connectivity index (χ2v) is 6.38. The zero-order valence-corrected chi connectivity index (χ0v) is 13.8. The van der Waals surface area contributed by atoms with Gasteiger partial charge in [-0.2, -0.15) is 14.6 Å². The molecule has 1 atom stereocenters. The lowest BCUT2D eigenvalue weighted by Gasteiger charge is -2.11. The van der Waals surface area contributed by atoms with E-state index in [9.17, 15) is 8.78 Å². The Morgan fingerprint density at radius 3 is 2.27 bits per heavy atom. The maximum Gasteiger partial charge on any atom is 0.211 e.